The molecule has 6 aliphatic heterocycles. The van der Waals surface area contributed by atoms with E-state index >= 15 is 0 Å². The van der Waals surface area contributed by atoms with E-state index in [-0.39, 0.29) is 42.8 Å². The average molecular weight is 866 g/mol. The van der Waals surface area contributed by atoms with Crippen molar-refractivity contribution in [1.29, 1.82) is 5.41 Å². The van der Waals surface area contributed by atoms with Crippen molar-refractivity contribution < 1.29 is 27.6 Å². The highest BCUT2D eigenvalue weighted by Gasteiger charge is 2.41. The van der Waals surface area contributed by atoms with Crippen molar-refractivity contribution in [3.63, 3.8) is 0 Å². The molecule has 62 heavy (non-hydrogen) atoms. The predicted molar refractivity (Wildman–Crippen MR) is 242 cm³/mol. The van der Waals surface area contributed by atoms with Gasteiger partial charge in [0.25, 0.3) is 0 Å². The van der Waals surface area contributed by atoms with Gasteiger partial charge in [-0.2, -0.15) is 0 Å². The average Bonchev–Trinajstić information content (AvgIpc) is 3.24. The molecule has 1 unspecified atom stereocenters. The Bertz CT molecular complexity index is 2320. The first-order valence-corrected chi connectivity index (χ1v) is 22.5. The Labute approximate surface area is 364 Å². The van der Waals surface area contributed by atoms with Gasteiger partial charge < -0.3 is 27.0 Å². The number of sulfonamides is 1. The van der Waals surface area contributed by atoms with E-state index in [0.717, 1.165) is 5.57 Å². The molecule has 3 aromatic carbocycles. The van der Waals surface area contributed by atoms with Gasteiger partial charge in [-0.15, -0.1) is 0 Å². The second-order valence-electron chi connectivity index (χ2n) is 17.6. The fourth-order valence-corrected chi connectivity index (χ4v) is 9.07. The normalized spacial score (nSPS) is 25.4. The summed E-state index contributed by atoms with van der Waals surface area (Å²) in [5, 5.41) is 19.7. The number of carbonyl (C=O) groups excluding carboxylic acids is 4. The van der Waals surface area contributed by atoms with Crippen LogP contribution in [-0.4, -0.2) is 104 Å². The SMILES string of the molecule is CC1(C(=N)N)C=CC(CNC(=O)[C@@H]2Cc3ccc(cc3)NC(=O)C(C)(C)N3CCN(CC3)C(C)(C)C(=O)Nc3ccc(cc3)C[C@@H](NS(=O)(=O)Cc3ccccc3)C(=O)N2)=CC1. The zero-order valence-corrected chi connectivity index (χ0v) is 36.9. The van der Waals surface area contributed by atoms with E-state index in [4.69, 9.17) is 11.1 Å². The van der Waals surface area contributed by atoms with Crippen molar-refractivity contribution in [1.82, 2.24) is 25.2 Å². The van der Waals surface area contributed by atoms with E-state index < -0.39 is 50.4 Å². The zero-order chi connectivity index (χ0) is 44.9. The Balaban J connectivity index is 1.31. The van der Waals surface area contributed by atoms with Gasteiger partial charge >= 0.3 is 0 Å². The molecular formula is C46H59N9O6S. The second-order valence-corrected chi connectivity index (χ2v) is 19.4. The Hall–Kier alpha value is -5.68. The molecule has 0 aromatic heterocycles. The number of piperazine rings is 1. The number of anilines is 2. The number of carbonyl (C=O) groups is 4. The van der Waals surface area contributed by atoms with E-state index in [9.17, 15) is 27.6 Å². The highest BCUT2D eigenvalue weighted by atomic mass is 32.2. The quantitative estimate of drug-likeness (QED) is 0.130. The first-order chi connectivity index (χ1) is 29.2. The monoisotopic (exact) mass is 865 g/mol. The number of amidine groups is 1. The number of nitrogens with zero attached hydrogens (tertiary/aromatic N) is 2. The Kier molecular flexibility index (Phi) is 13.9. The molecule has 6 heterocycles. The van der Waals surface area contributed by atoms with Crippen molar-refractivity contribution >= 4 is 50.9 Å². The number of fused-ring (bicyclic) bond motifs is 1. The Morgan fingerprint density at radius 3 is 1.79 bits per heavy atom. The zero-order valence-electron chi connectivity index (χ0n) is 36.1. The predicted octanol–water partition coefficient (Wildman–Crippen LogP) is 3.45. The van der Waals surface area contributed by atoms with Gasteiger partial charge in [0, 0.05) is 55.9 Å². The van der Waals surface area contributed by atoms with E-state index in [1.807, 2.05) is 52.8 Å². The molecule has 7 aliphatic rings. The summed E-state index contributed by atoms with van der Waals surface area (Å²) in [6, 6.07) is 20.1. The summed E-state index contributed by atoms with van der Waals surface area (Å²) < 4.78 is 29.9. The fraction of sp³-hybridized carbons (Fsp3) is 0.413. The molecule has 3 aromatic rings. The summed E-state index contributed by atoms with van der Waals surface area (Å²) in [4.78, 5) is 60.1. The van der Waals surface area contributed by atoms with E-state index in [1.54, 1.807) is 78.9 Å². The number of amides is 4. The molecule has 1 fully saturated rings. The summed E-state index contributed by atoms with van der Waals surface area (Å²) in [6.45, 7) is 11.8. The van der Waals surface area contributed by atoms with Gasteiger partial charge in [-0.05, 0) is 94.0 Å². The highest BCUT2D eigenvalue weighted by molar-refractivity contribution is 7.88. The summed E-state index contributed by atoms with van der Waals surface area (Å²) >= 11 is 0. The van der Waals surface area contributed by atoms with Crippen LogP contribution < -0.4 is 31.7 Å². The number of nitrogens with one attached hydrogen (secondary N) is 6. The number of nitrogens with two attached hydrogens (primary N) is 1. The summed E-state index contributed by atoms with van der Waals surface area (Å²) in [6.07, 6.45) is 6.03. The molecule has 10 rings (SSSR count). The third kappa shape index (κ3) is 11.2. The number of hydrogen-bond donors (Lipinski definition) is 7. The molecule has 1 aliphatic carbocycles. The molecule has 330 valence electrons. The van der Waals surface area contributed by atoms with Gasteiger partial charge in [0.2, 0.25) is 33.7 Å². The van der Waals surface area contributed by atoms with E-state index in [1.165, 1.54) is 0 Å². The Morgan fingerprint density at radius 2 is 1.31 bits per heavy atom. The number of benzene rings is 3. The smallest absolute Gasteiger partial charge is 0.244 e. The fourth-order valence-electron chi connectivity index (χ4n) is 7.73. The lowest BCUT2D eigenvalue weighted by molar-refractivity contribution is -0.132. The molecule has 8 N–H and O–H groups in total. The first-order valence-electron chi connectivity index (χ1n) is 20.9. The molecule has 15 nitrogen and oxygen atoms in total. The molecule has 3 atom stereocenters. The number of hydrogen-bond acceptors (Lipinski definition) is 9. The molecule has 1 saturated heterocycles. The lowest BCUT2D eigenvalue weighted by Crippen LogP contribution is -2.64. The van der Waals surface area contributed by atoms with Crippen LogP contribution in [-0.2, 0) is 47.8 Å². The van der Waals surface area contributed by atoms with Crippen LogP contribution in [0.4, 0.5) is 11.4 Å². The first kappa shape index (κ1) is 45.8. The van der Waals surface area contributed by atoms with Crippen LogP contribution in [0.15, 0.2) is 103 Å². The van der Waals surface area contributed by atoms with Gasteiger partial charge in [-0.1, -0.05) is 72.8 Å². The molecule has 0 saturated carbocycles. The van der Waals surface area contributed by atoms with Gasteiger partial charge in [0.1, 0.15) is 17.9 Å². The second kappa shape index (κ2) is 18.7. The minimum absolute atomic E-state index is 0.0361. The maximum absolute atomic E-state index is 14.4. The van der Waals surface area contributed by atoms with Crippen LogP contribution >= 0.6 is 0 Å². The van der Waals surface area contributed by atoms with Crippen LogP contribution in [0.3, 0.4) is 0 Å². The van der Waals surface area contributed by atoms with Crippen LogP contribution in [0, 0.1) is 10.8 Å². The van der Waals surface area contributed by atoms with Gasteiger partial charge in [0.05, 0.1) is 16.8 Å². The maximum Gasteiger partial charge on any atom is 0.244 e. The number of allylic oxidation sites excluding steroid dienone is 1. The van der Waals surface area contributed by atoms with Crippen LogP contribution in [0.25, 0.3) is 0 Å². The van der Waals surface area contributed by atoms with Crippen molar-refractivity contribution in [3.05, 3.63) is 119 Å². The summed E-state index contributed by atoms with van der Waals surface area (Å²) in [5.41, 5.74) is 7.15. The van der Waals surface area contributed by atoms with Crippen LogP contribution in [0.1, 0.15) is 57.7 Å². The minimum Gasteiger partial charge on any atom is -0.387 e. The van der Waals surface area contributed by atoms with Gasteiger partial charge in [-0.25, -0.2) is 13.1 Å². The van der Waals surface area contributed by atoms with Crippen molar-refractivity contribution in [3.8, 4) is 0 Å². The van der Waals surface area contributed by atoms with Gasteiger partial charge in [-0.3, -0.25) is 34.4 Å². The Morgan fingerprint density at radius 1 is 0.790 bits per heavy atom. The lowest BCUT2D eigenvalue weighted by atomic mass is 9.81. The third-order valence-corrected chi connectivity index (χ3v) is 13.6. The molecule has 6 bridgehead atoms. The maximum atomic E-state index is 14.4. The van der Waals surface area contributed by atoms with E-state index in [0.29, 0.717) is 60.7 Å². The minimum atomic E-state index is -4.07. The molecule has 16 heteroatoms. The summed E-state index contributed by atoms with van der Waals surface area (Å²) in [7, 11) is -4.07. The number of rotatable bonds is 8. The molecule has 0 spiro atoms. The molecule has 4 amide bonds. The standard InChI is InChI=1S/C46H59N9O6S/c1-44(2)42(58)50-35-15-11-31(12-16-35)27-37(39(56)49-29-33-19-21-46(5,22-20-33)41(47)48)52-40(57)38(53-62(60,61)30-34-9-7-6-8-10-34)28-32-13-17-36(18-14-32)51-43(59)45(3,4)55-25-23-54(44)24-26-55/h6-21,37-38,53H,22-30H2,1-5H3,(H3,47,48)(H,49,56)(H,50,58)(H,51,59)(H,52,57)/t37-,38+,46?/m0/s1. The van der Waals surface area contributed by atoms with E-state index in [2.05, 4.69) is 35.8 Å². The summed E-state index contributed by atoms with van der Waals surface area (Å²) in [5.74, 6) is -1.96. The van der Waals surface area contributed by atoms with Gasteiger partial charge in [0.15, 0.2) is 0 Å². The van der Waals surface area contributed by atoms with Crippen molar-refractivity contribution in [2.45, 2.75) is 82.8 Å². The topological polar surface area (TPSA) is 219 Å². The van der Waals surface area contributed by atoms with Crippen LogP contribution in [0.5, 0.6) is 0 Å². The van der Waals surface area contributed by atoms with Crippen molar-refractivity contribution in [2.75, 3.05) is 43.4 Å². The molecular weight excluding hydrogens is 807 g/mol. The third-order valence-electron chi connectivity index (χ3n) is 12.3. The van der Waals surface area contributed by atoms with Crippen molar-refractivity contribution in [2.24, 2.45) is 11.1 Å². The molecule has 0 radical (unpaired) electrons. The lowest BCUT2D eigenvalue weighted by Gasteiger charge is -2.47. The largest absolute Gasteiger partial charge is 0.387 e. The highest BCUT2D eigenvalue weighted by Crippen LogP contribution is 2.29. The van der Waals surface area contributed by atoms with Crippen LogP contribution in [0.2, 0.25) is 0 Å².